The third-order valence-electron chi connectivity index (χ3n) is 5.02. The number of thiophene rings is 1. The summed E-state index contributed by atoms with van der Waals surface area (Å²) in [6.45, 7) is 1.51. The van der Waals surface area contributed by atoms with Crippen LogP contribution in [0.4, 0.5) is 18.0 Å². The minimum Gasteiger partial charge on any atom is -0.484 e. The smallest absolute Gasteiger partial charge is 0.422 e. The number of amides is 3. The van der Waals surface area contributed by atoms with Gasteiger partial charge in [-0.25, -0.2) is 4.79 Å². The van der Waals surface area contributed by atoms with E-state index in [1.165, 1.54) is 23.5 Å². The van der Waals surface area contributed by atoms with E-state index < -0.39 is 12.8 Å². The van der Waals surface area contributed by atoms with E-state index in [9.17, 15) is 22.8 Å². The van der Waals surface area contributed by atoms with Gasteiger partial charge in [-0.1, -0.05) is 12.1 Å². The maximum atomic E-state index is 12.6. The number of hydrogen-bond acceptors (Lipinski definition) is 4. The number of piperidine rings is 1. The second-order valence-electron chi connectivity index (χ2n) is 7.39. The predicted molar refractivity (Wildman–Crippen MR) is 111 cm³/mol. The fourth-order valence-electron chi connectivity index (χ4n) is 3.27. The van der Waals surface area contributed by atoms with Crippen LogP contribution in [0.15, 0.2) is 41.1 Å². The Bertz CT molecular complexity index is 864. The van der Waals surface area contributed by atoms with E-state index in [-0.39, 0.29) is 29.8 Å². The highest BCUT2D eigenvalue weighted by atomic mass is 32.1. The lowest BCUT2D eigenvalue weighted by molar-refractivity contribution is -0.153. The number of carbonyl (C=O) groups excluding carboxylic acids is 2. The van der Waals surface area contributed by atoms with Crippen molar-refractivity contribution in [1.29, 1.82) is 0 Å². The summed E-state index contributed by atoms with van der Waals surface area (Å²) in [6, 6.07) is 7.42. The first kappa shape index (κ1) is 22.9. The highest BCUT2D eigenvalue weighted by Gasteiger charge is 2.28. The molecule has 2 heterocycles. The van der Waals surface area contributed by atoms with Gasteiger partial charge in [0.2, 0.25) is 0 Å². The van der Waals surface area contributed by atoms with Crippen molar-refractivity contribution in [2.24, 2.45) is 0 Å². The number of benzene rings is 1. The van der Waals surface area contributed by atoms with Gasteiger partial charge in [-0.05, 0) is 48.9 Å². The molecule has 1 unspecified atom stereocenters. The van der Waals surface area contributed by atoms with Gasteiger partial charge < -0.3 is 20.3 Å². The van der Waals surface area contributed by atoms with E-state index in [2.05, 4.69) is 10.6 Å². The third kappa shape index (κ3) is 6.88. The Kier molecular flexibility index (Phi) is 7.42. The zero-order chi connectivity index (χ0) is 22.4. The first-order chi connectivity index (χ1) is 14.7. The fourth-order valence-corrected chi connectivity index (χ4v) is 3.90. The summed E-state index contributed by atoms with van der Waals surface area (Å²) in [4.78, 5) is 26.4. The first-order valence-electron chi connectivity index (χ1n) is 9.89. The van der Waals surface area contributed by atoms with Crippen molar-refractivity contribution < 1.29 is 27.5 Å². The molecule has 31 heavy (non-hydrogen) atoms. The van der Waals surface area contributed by atoms with E-state index in [0.717, 1.165) is 5.56 Å². The van der Waals surface area contributed by atoms with Crippen molar-refractivity contribution in [3.8, 4) is 5.75 Å². The monoisotopic (exact) mass is 455 g/mol. The van der Waals surface area contributed by atoms with Gasteiger partial charge in [-0.15, -0.1) is 0 Å². The molecule has 10 heteroatoms. The highest BCUT2D eigenvalue weighted by Crippen LogP contribution is 2.21. The van der Waals surface area contributed by atoms with Gasteiger partial charge in [-0.3, -0.25) is 4.79 Å². The second kappa shape index (κ2) is 10.0. The molecule has 168 valence electrons. The number of ether oxygens (including phenoxy) is 1. The van der Waals surface area contributed by atoms with Gasteiger partial charge in [0, 0.05) is 30.1 Å². The molecule has 1 atom stereocenters. The molecule has 2 aromatic rings. The molecule has 1 aliphatic heterocycles. The summed E-state index contributed by atoms with van der Waals surface area (Å²) in [7, 11) is 0. The van der Waals surface area contributed by atoms with Crippen molar-refractivity contribution in [3.63, 3.8) is 0 Å². The molecule has 1 saturated heterocycles. The quantitative estimate of drug-likeness (QED) is 0.680. The van der Waals surface area contributed by atoms with Gasteiger partial charge in [-0.2, -0.15) is 24.5 Å². The van der Waals surface area contributed by atoms with Crippen LogP contribution in [0.5, 0.6) is 5.75 Å². The Hall–Kier alpha value is -2.75. The third-order valence-corrected chi connectivity index (χ3v) is 5.71. The SMILES string of the molecule is CC(NC(=O)N1CCC(NC(=O)c2ccsc2)CC1)c1ccc(OCC(F)(F)F)cc1. The standard InChI is InChI=1S/C21H24F3N3O3S/c1-14(15-2-4-18(5-3-15)30-13-21(22,23)24)25-20(29)27-9-6-17(7-10-27)26-19(28)16-8-11-31-12-16/h2-5,8,11-12,14,17H,6-7,9-10,13H2,1H3,(H,25,29)(H,26,28). The summed E-state index contributed by atoms with van der Waals surface area (Å²) < 4.78 is 41.4. The Labute approximate surface area is 182 Å². The molecule has 0 spiro atoms. The molecular formula is C21H24F3N3O3S. The largest absolute Gasteiger partial charge is 0.484 e. The zero-order valence-corrected chi connectivity index (χ0v) is 17.8. The molecule has 1 fully saturated rings. The van der Waals surface area contributed by atoms with E-state index in [1.807, 2.05) is 5.38 Å². The molecule has 1 aromatic heterocycles. The molecule has 2 N–H and O–H groups in total. The number of rotatable bonds is 6. The van der Waals surface area contributed by atoms with Gasteiger partial charge in [0.05, 0.1) is 6.04 Å². The van der Waals surface area contributed by atoms with Crippen LogP contribution in [-0.4, -0.2) is 48.8 Å². The van der Waals surface area contributed by atoms with Crippen LogP contribution in [0.1, 0.15) is 41.7 Å². The van der Waals surface area contributed by atoms with Crippen LogP contribution in [0.2, 0.25) is 0 Å². The number of hydrogen-bond donors (Lipinski definition) is 2. The first-order valence-corrected chi connectivity index (χ1v) is 10.8. The number of nitrogens with one attached hydrogen (secondary N) is 2. The van der Waals surface area contributed by atoms with Crippen molar-refractivity contribution in [2.75, 3.05) is 19.7 Å². The molecular weight excluding hydrogens is 431 g/mol. The lowest BCUT2D eigenvalue weighted by Crippen LogP contribution is -2.49. The summed E-state index contributed by atoms with van der Waals surface area (Å²) in [5.41, 5.74) is 1.40. The second-order valence-corrected chi connectivity index (χ2v) is 8.17. The molecule has 3 amide bonds. The van der Waals surface area contributed by atoms with Crippen LogP contribution < -0.4 is 15.4 Å². The number of nitrogens with zero attached hydrogens (tertiary/aromatic N) is 1. The van der Waals surface area contributed by atoms with Gasteiger partial charge in [0.25, 0.3) is 5.91 Å². The Morgan fingerprint density at radius 3 is 2.45 bits per heavy atom. The van der Waals surface area contributed by atoms with Crippen LogP contribution in [0.3, 0.4) is 0 Å². The van der Waals surface area contributed by atoms with Gasteiger partial charge in [0.15, 0.2) is 6.61 Å². The van der Waals surface area contributed by atoms with Crippen molar-refractivity contribution in [3.05, 3.63) is 52.2 Å². The molecule has 0 radical (unpaired) electrons. The Morgan fingerprint density at radius 2 is 1.87 bits per heavy atom. The topological polar surface area (TPSA) is 70.7 Å². The number of halogens is 3. The molecule has 0 bridgehead atoms. The van der Waals surface area contributed by atoms with Crippen molar-refractivity contribution in [2.45, 2.75) is 38.0 Å². The van der Waals surface area contributed by atoms with Crippen LogP contribution in [-0.2, 0) is 0 Å². The minimum atomic E-state index is -4.39. The predicted octanol–water partition coefficient (Wildman–Crippen LogP) is 4.35. The fraction of sp³-hybridized carbons (Fsp3) is 0.429. The van der Waals surface area contributed by atoms with E-state index in [0.29, 0.717) is 31.5 Å². The molecule has 0 saturated carbocycles. The lowest BCUT2D eigenvalue weighted by Gasteiger charge is -2.33. The van der Waals surface area contributed by atoms with Gasteiger partial charge in [0.1, 0.15) is 5.75 Å². The number of urea groups is 1. The van der Waals surface area contributed by atoms with E-state index >= 15 is 0 Å². The van der Waals surface area contributed by atoms with E-state index in [1.54, 1.807) is 35.4 Å². The maximum Gasteiger partial charge on any atom is 0.422 e. The van der Waals surface area contributed by atoms with Gasteiger partial charge >= 0.3 is 12.2 Å². The molecule has 6 nitrogen and oxygen atoms in total. The number of carbonyl (C=O) groups is 2. The number of likely N-dealkylation sites (tertiary alicyclic amines) is 1. The molecule has 1 aliphatic rings. The highest BCUT2D eigenvalue weighted by molar-refractivity contribution is 7.08. The average Bonchev–Trinajstić information content (AvgIpc) is 3.27. The minimum absolute atomic E-state index is 0.0260. The Balaban J connectivity index is 1.43. The van der Waals surface area contributed by atoms with Crippen LogP contribution in [0.25, 0.3) is 0 Å². The maximum absolute atomic E-state index is 12.6. The lowest BCUT2D eigenvalue weighted by atomic mass is 10.0. The average molecular weight is 456 g/mol. The normalized spacial score (nSPS) is 15.9. The summed E-state index contributed by atoms with van der Waals surface area (Å²) in [5, 5.41) is 9.55. The molecule has 1 aromatic carbocycles. The summed E-state index contributed by atoms with van der Waals surface area (Å²) in [6.07, 6.45) is -3.05. The summed E-state index contributed by atoms with van der Waals surface area (Å²) >= 11 is 1.47. The summed E-state index contributed by atoms with van der Waals surface area (Å²) in [5.74, 6) is 0.0200. The van der Waals surface area contributed by atoms with Crippen LogP contribution in [0, 0.1) is 0 Å². The van der Waals surface area contributed by atoms with E-state index in [4.69, 9.17) is 4.74 Å². The Morgan fingerprint density at radius 1 is 1.19 bits per heavy atom. The molecule has 3 rings (SSSR count). The molecule has 0 aliphatic carbocycles. The van der Waals surface area contributed by atoms with Crippen molar-refractivity contribution >= 4 is 23.3 Å². The zero-order valence-electron chi connectivity index (χ0n) is 16.9. The van der Waals surface area contributed by atoms with Crippen LogP contribution >= 0.6 is 11.3 Å². The van der Waals surface area contributed by atoms with Crippen molar-refractivity contribution in [1.82, 2.24) is 15.5 Å². The number of alkyl halides is 3.